The normalized spacial score (nSPS) is 14.7. The number of carbonyl (C=O) groups excluding carboxylic acids is 2. The van der Waals surface area contributed by atoms with Gasteiger partial charge in [-0.15, -0.1) is 0 Å². The van der Waals surface area contributed by atoms with Crippen molar-refractivity contribution in [3.05, 3.63) is 42.1 Å². The highest BCUT2D eigenvalue weighted by molar-refractivity contribution is 5.96. The van der Waals surface area contributed by atoms with E-state index in [1.54, 1.807) is 13.2 Å². The van der Waals surface area contributed by atoms with Gasteiger partial charge in [0.25, 0.3) is 0 Å². The molecule has 0 saturated carbocycles. The van der Waals surface area contributed by atoms with Gasteiger partial charge >= 0.3 is 0 Å². The van der Waals surface area contributed by atoms with E-state index in [1.807, 2.05) is 41.4 Å². The van der Waals surface area contributed by atoms with Gasteiger partial charge in [0.2, 0.25) is 11.8 Å². The highest BCUT2D eigenvalue weighted by Gasteiger charge is 2.21. The van der Waals surface area contributed by atoms with Crippen molar-refractivity contribution in [2.24, 2.45) is 0 Å². The lowest BCUT2D eigenvalue weighted by Crippen LogP contribution is -2.50. The van der Waals surface area contributed by atoms with Crippen LogP contribution in [0.2, 0.25) is 0 Å². The summed E-state index contributed by atoms with van der Waals surface area (Å²) >= 11 is 0. The molecule has 170 valence electrons. The Kier molecular flexibility index (Phi) is 8.84. The van der Waals surface area contributed by atoms with E-state index in [9.17, 15) is 9.59 Å². The Balaban J connectivity index is 1.51. The second-order valence-electron chi connectivity index (χ2n) is 7.83. The van der Waals surface area contributed by atoms with Gasteiger partial charge in [0, 0.05) is 81.7 Å². The van der Waals surface area contributed by atoms with E-state index in [0.29, 0.717) is 58.8 Å². The van der Waals surface area contributed by atoms with Gasteiger partial charge in [-0.25, -0.2) is 0 Å². The molecule has 0 bridgehead atoms. The van der Waals surface area contributed by atoms with Crippen LogP contribution < -0.4 is 5.32 Å². The Morgan fingerprint density at radius 1 is 1.22 bits per heavy atom. The number of benzene rings is 1. The lowest BCUT2D eigenvalue weighted by molar-refractivity contribution is -0.128. The molecule has 1 aromatic carbocycles. The van der Waals surface area contributed by atoms with Crippen LogP contribution in [0.1, 0.15) is 18.4 Å². The SMILES string of the molecule is COCCCNC(=O)CN1CCN(C(=O)/C=C/c2cn(CCC#N)c3ccccc23)CC1. The van der Waals surface area contributed by atoms with Crippen molar-refractivity contribution < 1.29 is 14.3 Å². The van der Waals surface area contributed by atoms with Gasteiger partial charge in [-0.2, -0.15) is 5.26 Å². The largest absolute Gasteiger partial charge is 0.385 e. The number of piperazine rings is 1. The molecule has 2 heterocycles. The number of amides is 2. The molecule has 1 aromatic heterocycles. The second kappa shape index (κ2) is 12.0. The summed E-state index contributed by atoms with van der Waals surface area (Å²) in [4.78, 5) is 28.6. The number of rotatable bonds is 10. The fourth-order valence-corrected chi connectivity index (χ4v) is 3.86. The van der Waals surface area contributed by atoms with Crippen LogP contribution in [0.15, 0.2) is 36.5 Å². The summed E-state index contributed by atoms with van der Waals surface area (Å²) in [5.41, 5.74) is 2.03. The lowest BCUT2D eigenvalue weighted by Gasteiger charge is -2.33. The van der Waals surface area contributed by atoms with Crippen molar-refractivity contribution in [3.63, 3.8) is 0 Å². The zero-order chi connectivity index (χ0) is 22.8. The molecule has 2 aromatic rings. The van der Waals surface area contributed by atoms with Crippen molar-refractivity contribution in [1.82, 2.24) is 19.7 Å². The summed E-state index contributed by atoms with van der Waals surface area (Å²) in [6, 6.07) is 10.2. The minimum Gasteiger partial charge on any atom is -0.385 e. The predicted octanol–water partition coefficient (Wildman–Crippen LogP) is 1.87. The zero-order valence-electron chi connectivity index (χ0n) is 18.6. The van der Waals surface area contributed by atoms with E-state index < -0.39 is 0 Å². The topological polar surface area (TPSA) is 90.6 Å². The monoisotopic (exact) mass is 437 g/mol. The van der Waals surface area contributed by atoms with Crippen LogP contribution in [0.4, 0.5) is 0 Å². The molecule has 1 N–H and O–H groups in total. The number of nitrogens with one attached hydrogen (secondary N) is 1. The summed E-state index contributed by atoms with van der Waals surface area (Å²) in [5, 5.41) is 12.9. The smallest absolute Gasteiger partial charge is 0.246 e. The molecule has 3 rings (SSSR count). The van der Waals surface area contributed by atoms with Crippen LogP contribution in [-0.2, 0) is 20.9 Å². The first-order valence-corrected chi connectivity index (χ1v) is 11.0. The molecule has 8 heteroatoms. The van der Waals surface area contributed by atoms with Crippen LogP contribution in [0.3, 0.4) is 0 Å². The first-order chi connectivity index (χ1) is 15.6. The number of methoxy groups -OCH3 is 1. The van der Waals surface area contributed by atoms with Gasteiger partial charge < -0.3 is 19.5 Å². The Morgan fingerprint density at radius 3 is 2.75 bits per heavy atom. The molecule has 32 heavy (non-hydrogen) atoms. The molecule has 1 saturated heterocycles. The summed E-state index contributed by atoms with van der Waals surface area (Å²) in [6.07, 6.45) is 6.71. The average Bonchev–Trinajstić information content (AvgIpc) is 3.17. The van der Waals surface area contributed by atoms with Crippen LogP contribution >= 0.6 is 0 Å². The van der Waals surface area contributed by atoms with Gasteiger partial charge in [-0.1, -0.05) is 18.2 Å². The third-order valence-electron chi connectivity index (χ3n) is 5.59. The molecule has 0 atom stereocenters. The predicted molar refractivity (Wildman–Crippen MR) is 124 cm³/mol. The van der Waals surface area contributed by atoms with Crippen molar-refractivity contribution in [2.75, 3.05) is 53.0 Å². The van der Waals surface area contributed by atoms with E-state index in [1.165, 1.54) is 0 Å². The van der Waals surface area contributed by atoms with E-state index in [-0.39, 0.29) is 11.8 Å². The highest BCUT2D eigenvalue weighted by Crippen LogP contribution is 2.23. The summed E-state index contributed by atoms with van der Waals surface area (Å²) in [5.74, 6) is -0.0175. The van der Waals surface area contributed by atoms with Crippen LogP contribution in [0.5, 0.6) is 0 Å². The van der Waals surface area contributed by atoms with Crippen molar-refractivity contribution >= 4 is 28.8 Å². The molecule has 8 nitrogen and oxygen atoms in total. The quantitative estimate of drug-likeness (QED) is 0.453. The van der Waals surface area contributed by atoms with E-state index in [4.69, 9.17) is 10.00 Å². The first kappa shape index (κ1) is 23.5. The Labute approximate surface area is 189 Å². The van der Waals surface area contributed by atoms with E-state index in [0.717, 1.165) is 22.9 Å². The fraction of sp³-hybridized carbons (Fsp3) is 0.458. The second-order valence-corrected chi connectivity index (χ2v) is 7.83. The van der Waals surface area contributed by atoms with Gasteiger partial charge in [0.1, 0.15) is 0 Å². The number of nitriles is 1. The number of aryl methyl sites for hydroxylation is 1. The first-order valence-electron chi connectivity index (χ1n) is 11.0. The van der Waals surface area contributed by atoms with Crippen LogP contribution in [0.25, 0.3) is 17.0 Å². The maximum Gasteiger partial charge on any atom is 0.246 e. The molecule has 0 radical (unpaired) electrons. The Morgan fingerprint density at radius 2 is 2.00 bits per heavy atom. The van der Waals surface area contributed by atoms with Crippen molar-refractivity contribution in [2.45, 2.75) is 19.4 Å². The zero-order valence-corrected chi connectivity index (χ0v) is 18.6. The summed E-state index contributed by atoms with van der Waals surface area (Å²) in [7, 11) is 1.65. The third kappa shape index (κ3) is 6.42. The minimum absolute atomic E-state index is 0.00793. The number of ether oxygens (including phenoxy) is 1. The standard InChI is InChI=1S/C24H31N5O3/c1-32-17-5-11-26-23(30)19-27-13-15-28(16-14-27)24(31)9-8-20-18-29(12-4-10-25)22-7-3-2-6-21(20)22/h2-3,6-9,18H,4-5,11-17,19H2,1H3,(H,26,30)/b9-8+. The molecule has 2 amide bonds. The molecule has 0 aliphatic carbocycles. The number of hydrogen-bond donors (Lipinski definition) is 1. The fourth-order valence-electron chi connectivity index (χ4n) is 3.86. The molecule has 1 aliphatic rings. The highest BCUT2D eigenvalue weighted by atomic mass is 16.5. The minimum atomic E-state index is -0.0254. The number of carbonyl (C=O) groups is 2. The molecule has 1 fully saturated rings. The molecular formula is C24H31N5O3. The van der Waals surface area contributed by atoms with Gasteiger partial charge in [0.15, 0.2) is 0 Å². The number of fused-ring (bicyclic) bond motifs is 1. The Bertz CT molecular complexity index is 983. The maximum absolute atomic E-state index is 12.7. The van der Waals surface area contributed by atoms with Gasteiger partial charge in [-0.3, -0.25) is 14.5 Å². The number of aromatic nitrogens is 1. The number of para-hydroxylation sites is 1. The van der Waals surface area contributed by atoms with Crippen LogP contribution in [0, 0.1) is 11.3 Å². The number of nitrogens with zero attached hydrogens (tertiary/aromatic N) is 4. The Hall–Kier alpha value is -3.15. The lowest BCUT2D eigenvalue weighted by atomic mass is 10.1. The maximum atomic E-state index is 12.7. The summed E-state index contributed by atoms with van der Waals surface area (Å²) in [6.45, 7) is 4.79. The molecule has 0 unspecified atom stereocenters. The van der Waals surface area contributed by atoms with Crippen molar-refractivity contribution in [3.8, 4) is 6.07 Å². The van der Waals surface area contributed by atoms with E-state index >= 15 is 0 Å². The molecular weight excluding hydrogens is 406 g/mol. The van der Waals surface area contributed by atoms with Crippen molar-refractivity contribution in [1.29, 1.82) is 5.26 Å². The molecule has 1 aliphatic heterocycles. The third-order valence-corrected chi connectivity index (χ3v) is 5.59. The molecule has 0 spiro atoms. The van der Waals surface area contributed by atoms with E-state index in [2.05, 4.69) is 20.9 Å². The van der Waals surface area contributed by atoms with Crippen LogP contribution in [-0.4, -0.2) is 79.2 Å². The number of hydrogen-bond acceptors (Lipinski definition) is 5. The summed E-state index contributed by atoms with van der Waals surface area (Å²) < 4.78 is 7.03. The average molecular weight is 438 g/mol. The van der Waals surface area contributed by atoms with Gasteiger partial charge in [0.05, 0.1) is 19.0 Å². The van der Waals surface area contributed by atoms with Gasteiger partial charge in [-0.05, 0) is 18.6 Å².